The predicted octanol–water partition coefficient (Wildman–Crippen LogP) is 2.98. The number of fused-ring (bicyclic) bond motifs is 1. The Morgan fingerprint density at radius 2 is 2.00 bits per heavy atom. The Kier molecular flexibility index (Phi) is 7.54. The minimum Gasteiger partial charge on any atom is -0.364 e. The molecule has 0 N–H and O–H groups in total. The molecule has 0 unspecified atom stereocenters. The number of aromatic nitrogens is 1. The zero-order valence-electron chi connectivity index (χ0n) is 19.3. The molecule has 1 aliphatic heterocycles. The number of ether oxygens (including phenoxy) is 3. The molecule has 1 saturated heterocycles. The van der Waals surface area contributed by atoms with Crippen molar-refractivity contribution < 1.29 is 23.8 Å². The molecule has 0 radical (unpaired) electrons. The summed E-state index contributed by atoms with van der Waals surface area (Å²) in [6.45, 7) is 1.72. The van der Waals surface area contributed by atoms with Crippen LogP contribution in [0.2, 0.25) is 0 Å². The minimum absolute atomic E-state index is 0.00678. The Morgan fingerprint density at radius 1 is 1.22 bits per heavy atom. The van der Waals surface area contributed by atoms with Crippen LogP contribution in [-0.4, -0.2) is 66.0 Å². The maximum atomic E-state index is 13.3. The van der Waals surface area contributed by atoms with Crippen molar-refractivity contribution in [3.63, 3.8) is 0 Å². The molecule has 0 spiro atoms. The Labute approximate surface area is 194 Å². The molecular formula is C24H34N2O5S. The third kappa shape index (κ3) is 4.88. The Balaban J connectivity index is 1.56. The molecule has 32 heavy (non-hydrogen) atoms. The fourth-order valence-corrected chi connectivity index (χ4v) is 6.01. The number of hydrogen-bond acceptors (Lipinski definition) is 7. The standard InChI is InChI=1S/C24H34N2O5S/c1-16(27)32-13-22-24(31-15-30-3,23(28)26(22)14-29-2)12-21-20-11-18(7-6-17-4-5-17)10-19(20)8-9-25-21/h8-9,17-18,22H,4-7,10-15H2,1-3H3/t18-,22-,24+/m0/s1. The molecule has 7 nitrogen and oxygen atoms in total. The van der Waals surface area contributed by atoms with Crippen LogP contribution in [-0.2, 0) is 43.1 Å². The third-order valence-corrected chi connectivity index (χ3v) is 7.93. The molecule has 0 aromatic carbocycles. The SMILES string of the molecule is COCO[C@@]1(Cc2nccc3c2C[C@@H](CCC2CC2)C3)C(=O)N(COC)[C@H]1CSC(C)=O. The summed E-state index contributed by atoms with van der Waals surface area (Å²) in [5.41, 5.74) is 2.49. The first kappa shape index (κ1) is 23.7. The summed E-state index contributed by atoms with van der Waals surface area (Å²) >= 11 is 1.20. The van der Waals surface area contributed by atoms with E-state index in [9.17, 15) is 9.59 Å². The molecule has 3 aliphatic rings. The maximum absolute atomic E-state index is 13.3. The molecule has 1 amide bonds. The predicted molar refractivity (Wildman–Crippen MR) is 122 cm³/mol. The van der Waals surface area contributed by atoms with E-state index < -0.39 is 5.60 Å². The van der Waals surface area contributed by atoms with Crippen molar-refractivity contribution in [2.75, 3.05) is 33.5 Å². The summed E-state index contributed by atoms with van der Waals surface area (Å²) in [6, 6.07) is 1.84. The second-order valence-electron chi connectivity index (χ2n) is 9.32. The number of rotatable bonds is 12. The zero-order chi connectivity index (χ0) is 22.7. The molecule has 1 saturated carbocycles. The van der Waals surface area contributed by atoms with Gasteiger partial charge in [-0.05, 0) is 48.3 Å². The van der Waals surface area contributed by atoms with E-state index in [1.807, 2.05) is 6.20 Å². The van der Waals surface area contributed by atoms with Gasteiger partial charge in [-0.15, -0.1) is 0 Å². The van der Waals surface area contributed by atoms with Gasteiger partial charge in [0.25, 0.3) is 5.91 Å². The molecular weight excluding hydrogens is 428 g/mol. The number of amides is 1. The van der Waals surface area contributed by atoms with E-state index in [0.717, 1.165) is 24.5 Å². The van der Waals surface area contributed by atoms with E-state index in [2.05, 4.69) is 6.07 Å². The van der Waals surface area contributed by atoms with E-state index >= 15 is 0 Å². The van der Waals surface area contributed by atoms with Gasteiger partial charge in [0, 0.05) is 45.2 Å². The van der Waals surface area contributed by atoms with Gasteiger partial charge in [-0.1, -0.05) is 31.0 Å². The number of likely N-dealkylation sites (tertiary alicyclic amines) is 1. The van der Waals surface area contributed by atoms with Crippen LogP contribution in [0.1, 0.15) is 49.4 Å². The van der Waals surface area contributed by atoms with Gasteiger partial charge in [0.2, 0.25) is 0 Å². The van der Waals surface area contributed by atoms with E-state index in [-0.39, 0.29) is 30.6 Å². The van der Waals surface area contributed by atoms with Crippen molar-refractivity contribution in [1.29, 1.82) is 0 Å². The first-order valence-corrected chi connectivity index (χ1v) is 12.5. The van der Waals surface area contributed by atoms with Crippen LogP contribution in [0.15, 0.2) is 12.3 Å². The number of β-lactam (4-membered cyclic amide) rings is 1. The Bertz CT molecular complexity index is 846. The summed E-state index contributed by atoms with van der Waals surface area (Å²) in [4.78, 5) is 31.4. The van der Waals surface area contributed by atoms with Crippen molar-refractivity contribution in [3.05, 3.63) is 29.1 Å². The largest absolute Gasteiger partial charge is 0.364 e. The van der Waals surface area contributed by atoms with Gasteiger partial charge in [0.1, 0.15) is 13.5 Å². The van der Waals surface area contributed by atoms with Gasteiger partial charge in [-0.3, -0.25) is 14.6 Å². The van der Waals surface area contributed by atoms with E-state index in [1.165, 1.54) is 55.5 Å². The van der Waals surface area contributed by atoms with Crippen LogP contribution < -0.4 is 0 Å². The van der Waals surface area contributed by atoms with Crippen LogP contribution in [0.4, 0.5) is 0 Å². The van der Waals surface area contributed by atoms with E-state index in [1.54, 1.807) is 19.1 Å². The highest BCUT2D eigenvalue weighted by Gasteiger charge is 2.62. The highest BCUT2D eigenvalue weighted by Crippen LogP contribution is 2.42. The third-order valence-electron chi connectivity index (χ3n) is 7.04. The lowest BCUT2D eigenvalue weighted by molar-refractivity contribution is -0.229. The number of thioether (sulfide) groups is 1. The molecule has 2 heterocycles. The van der Waals surface area contributed by atoms with Crippen molar-refractivity contribution in [1.82, 2.24) is 9.88 Å². The molecule has 3 atom stereocenters. The van der Waals surface area contributed by atoms with E-state index in [4.69, 9.17) is 19.2 Å². The molecule has 0 bridgehead atoms. The lowest BCUT2D eigenvalue weighted by Gasteiger charge is -2.54. The van der Waals surface area contributed by atoms with Gasteiger partial charge in [0.15, 0.2) is 10.7 Å². The summed E-state index contributed by atoms with van der Waals surface area (Å²) in [5.74, 6) is 1.93. The van der Waals surface area contributed by atoms with Crippen LogP contribution >= 0.6 is 11.8 Å². The number of pyridine rings is 1. The Hall–Kier alpha value is -1.48. The number of nitrogens with zero attached hydrogens (tertiary/aromatic N) is 2. The van der Waals surface area contributed by atoms with Crippen molar-refractivity contribution in [3.8, 4) is 0 Å². The smallest absolute Gasteiger partial charge is 0.259 e. The molecule has 8 heteroatoms. The number of carbonyl (C=O) groups is 2. The number of methoxy groups -OCH3 is 2. The first-order chi connectivity index (χ1) is 15.5. The zero-order valence-corrected chi connectivity index (χ0v) is 20.1. The highest BCUT2D eigenvalue weighted by atomic mass is 32.2. The van der Waals surface area contributed by atoms with Gasteiger partial charge in [-0.25, -0.2) is 0 Å². The highest BCUT2D eigenvalue weighted by molar-refractivity contribution is 8.13. The van der Waals surface area contributed by atoms with Crippen molar-refractivity contribution in [2.24, 2.45) is 11.8 Å². The second-order valence-corrected chi connectivity index (χ2v) is 10.5. The molecule has 1 aromatic rings. The van der Waals surface area contributed by atoms with Crippen molar-refractivity contribution >= 4 is 22.8 Å². The topological polar surface area (TPSA) is 78.0 Å². The summed E-state index contributed by atoms with van der Waals surface area (Å²) in [6.07, 6.45) is 9.75. The fraction of sp³-hybridized carbons (Fsp3) is 0.708. The summed E-state index contributed by atoms with van der Waals surface area (Å²) < 4.78 is 16.5. The average molecular weight is 463 g/mol. The van der Waals surface area contributed by atoms with Gasteiger partial charge >= 0.3 is 0 Å². The van der Waals surface area contributed by atoms with Crippen LogP contribution in [0.3, 0.4) is 0 Å². The summed E-state index contributed by atoms with van der Waals surface area (Å²) in [7, 11) is 3.11. The monoisotopic (exact) mass is 462 g/mol. The molecule has 4 rings (SSSR count). The molecule has 2 aliphatic carbocycles. The fourth-order valence-electron chi connectivity index (χ4n) is 5.16. The van der Waals surface area contributed by atoms with Gasteiger partial charge in [0.05, 0.1) is 6.04 Å². The van der Waals surface area contributed by atoms with E-state index in [0.29, 0.717) is 18.1 Å². The number of hydrogen-bond donors (Lipinski definition) is 0. The summed E-state index contributed by atoms with van der Waals surface area (Å²) in [5, 5.41) is 0.0135. The molecule has 1 aromatic heterocycles. The molecule has 176 valence electrons. The second kappa shape index (κ2) is 10.2. The minimum atomic E-state index is -1.09. The Morgan fingerprint density at radius 3 is 2.69 bits per heavy atom. The lowest BCUT2D eigenvalue weighted by atomic mass is 9.78. The number of carbonyl (C=O) groups excluding carboxylic acids is 2. The normalized spacial score (nSPS) is 26.8. The molecule has 2 fully saturated rings. The van der Waals surface area contributed by atoms with Crippen molar-refractivity contribution in [2.45, 2.75) is 63.5 Å². The van der Waals surface area contributed by atoms with Crippen LogP contribution in [0.25, 0.3) is 0 Å². The maximum Gasteiger partial charge on any atom is 0.259 e. The first-order valence-electron chi connectivity index (χ1n) is 11.5. The van der Waals surface area contributed by atoms with Gasteiger partial charge < -0.3 is 19.1 Å². The quantitative estimate of drug-likeness (QED) is 0.349. The van der Waals surface area contributed by atoms with Crippen LogP contribution in [0.5, 0.6) is 0 Å². The van der Waals surface area contributed by atoms with Gasteiger partial charge in [-0.2, -0.15) is 0 Å². The van der Waals surface area contributed by atoms with Crippen LogP contribution in [0, 0.1) is 11.8 Å². The lowest BCUT2D eigenvalue weighted by Crippen LogP contribution is -2.77. The average Bonchev–Trinajstić information content (AvgIpc) is 3.51.